The highest BCUT2D eigenvalue weighted by atomic mass is 32.2. The molecule has 26 heavy (non-hydrogen) atoms. The molecule has 5 nitrogen and oxygen atoms in total. The number of aromatic nitrogens is 2. The van der Waals surface area contributed by atoms with Crippen LogP contribution in [0.1, 0.15) is 32.9 Å². The molecule has 3 aromatic rings. The van der Waals surface area contributed by atoms with Crippen molar-refractivity contribution in [1.82, 2.24) is 14.7 Å². The third-order valence-electron chi connectivity index (χ3n) is 3.70. The van der Waals surface area contributed by atoms with Gasteiger partial charge < -0.3 is 4.98 Å². The van der Waals surface area contributed by atoms with Gasteiger partial charge >= 0.3 is 0 Å². The fourth-order valence-corrected chi connectivity index (χ4v) is 4.11. The lowest BCUT2D eigenvalue weighted by Gasteiger charge is -2.20. The number of alkyl halides is 2. The number of nitrogens with zero attached hydrogens (tertiary/aromatic N) is 1. The number of rotatable bonds is 4. The van der Waals surface area contributed by atoms with E-state index in [0.717, 1.165) is 0 Å². The van der Waals surface area contributed by atoms with Gasteiger partial charge in [0.1, 0.15) is 5.65 Å². The van der Waals surface area contributed by atoms with Crippen molar-refractivity contribution >= 4 is 21.1 Å². The zero-order chi connectivity index (χ0) is 19.1. The normalized spacial score (nSPS) is 12.8. The molecule has 0 spiro atoms. The Morgan fingerprint density at radius 2 is 1.77 bits per heavy atom. The van der Waals surface area contributed by atoms with Crippen molar-refractivity contribution in [3.63, 3.8) is 0 Å². The Kier molecular flexibility index (Phi) is 4.58. The SMILES string of the molecule is CC(C)(C)NS(=O)(=O)c1ccc(-c2ccnc3[nH]c(C(F)F)cc23)cc1. The summed E-state index contributed by atoms with van der Waals surface area (Å²) in [6, 6.07) is 9.38. The average Bonchev–Trinajstić information content (AvgIpc) is 2.97. The van der Waals surface area contributed by atoms with Gasteiger partial charge in [-0.1, -0.05) is 12.1 Å². The summed E-state index contributed by atoms with van der Waals surface area (Å²) in [5.41, 5.74) is 0.987. The van der Waals surface area contributed by atoms with E-state index in [1.165, 1.54) is 24.4 Å². The summed E-state index contributed by atoms with van der Waals surface area (Å²) in [5, 5.41) is 0.561. The van der Waals surface area contributed by atoms with Crippen molar-refractivity contribution in [3.8, 4) is 11.1 Å². The first kappa shape index (κ1) is 18.5. The molecular formula is C18H19F2N3O2S. The van der Waals surface area contributed by atoms with Gasteiger partial charge in [0.15, 0.2) is 0 Å². The average molecular weight is 379 g/mol. The van der Waals surface area contributed by atoms with Gasteiger partial charge in [-0.2, -0.15) is 0 Å². The molecule has 0 aliphatic rings. The predicted molar refractivity (Wildman–Crippen MR) is 96.6 cm³/mol. The van der Waals surface area contributed by atoms with E-state index in [0.29, 0.717) is 22.2 Å². The molecule has 0 saturated carbocycles. The highest BCUT2D eigenvalue weighted by molar-refractivity contribution is 7.89. The van der Waals surface area contributed by atoms with E-state index < -0.39 is 22.0 Å². The maximum atomic E-state index is 12.9. The van der Waals surface area contributed by atoms with Crippen LogP contribution in [0.2, 0.25) is 0 Å². The molecule has 3 rings (SSSR count). The molecule has 0 saturated heterocycles. The summed E-state index contributed by atoms with van der Waals surface area (Å²) in [5.74, 6) is 0. The van der Waals surface area contributed by atoms with E-state index in [9.17, 15) is 17.2 Å². The molecule has 0 amide bonds. The summed E-state index contributed by atoms with van der Waals surface area (Å²) in [6.07, 6.45) is -1.09. The van der Waals surface area contributed by atoms with Crippen molar-refractivity contribution < 1.29 is 17.2 Å². The van der Waals surface area contributed by atoms with Crippen molar-refractivity contribution in [3.05, 3.63) is 48.3 Å². The number of benzene rings is 1. The largest absolute Gasteiger partial charge is 0.338 e. The van der Waals surface area contributed by atoms with Crippen LogP contribution in [-0.4, -0.2) is 23.9 Å². The molecule has 2 N–H and O–H groups in total. The first-order valence-electron chi connectivity index (χ1n) is 7.97. The zero-order valence-electron chi connectivity index (χ0n) is 14.5. The van der Waals surface area contributed by atoms with E-state index >= 15 is 0 Å². The Bertz CT molecular complexity index is 1040. The predicted octanol–water partition coefficient (Wildman–Crippen LogP) is 4.24. The molecule has 0 atom stereocenters. The Morgan fingerprint density at radius 1 is 1.12 bits per heavy atom. The van der Waals surface area contributed by atoms with Crippen molar-refractivity contribution in [2.24, 2.45) is 0 Å². The van der Waals surface area contributed by atoms with Gasteiger partial charge in [-0.25, -0.2) is 26.9 Å². The summed E-state index contributed by atoms with van der Waals surface area (Å²) in [7, 11) is -3.63. The number of halogens is 2. The summed E-state index contributed by atoms with van der Waals surface area (Å²) in [6.45, 7) is 5.29. The van der Waals surface area contributed by atoms with Gasteiger partial charge in [0.05, 0.1) is 10.6 Å². The molecule has 2 aromatic heterocycles. The number of nitrogens with one attached hydrogen (secondary N) is 2. The Morgan fingerprint density at radius 3 is 2.35 bits per heavy atom. The minimum atomic E-state index is -3.63. The van der Waals surface area contributed by atoms with Crippen LogP contribution in [0.3, 0.4) is 0 Å². The van der Waals surface area contributed by atoms with Crippen molar-refractivity contribution in [1.29, 1.82) is 0 Å². The number of fused-ring (bicyclic) bond motifs is 1. The second kappa shape index (κ2) is 6.44. The number of pyridine rings is 1. The third-order valence-corrected chi connectivity index (χ3v) is 5.48. The van der Waals surface area contributed by atoms with Crippen LogP contribution in [0.15, 0.2) is 47.5 Å². The molecule has 0 aliphatic carbocycles. The summed E-state index contributed by atoms with van der Waals surface area (Å²) >= 11 is 0. The van der Waals surface area contributed by atoms with Gasteiger partial charge in [0, 0.05) is 17.1 Å². The van der Waals surface area contributed by atoms with Gasteiger partial charge in [-0.15, -0.1) is 0 Å². The molecule has 138 valence electrons. The monoisotopic (exact) mass is 379 g/mol. The molecule has 2 heterocycles. The van der Waals surface area contributed by atoms with E-state index in [2.05, 4.69) is 14.7 Å². The van der Waals surface area contributed by atoms with Crippen LogP contribution >= 0.6 is 0 Å². The van der Waals surface area contributed by atoms with Gasteiger partial charge in [0.25, 0.3) is 6.43 Å². The highest BCUT2D eigenvalue weighted by Gasteiger charge is 2.22. The zero-order valence-corrected chi connectivity index (χ0v) is 15.4. The minimum absolute atomic E-state index is 0.142. The van der Waals surface area contributed by atoms with Gasteiger partial charge in [0.2, 0.25) is 10.0 Å². The van der Waals surface area contributed by atoms with E-state index in [1.807, 2.05) is 0 Å². The molecule has 0 bridgehead atoms. The molecule has 0 fully saturated rings. The number of sulfonamides is 1. The second-order valence-electron chi connectivity index (χ2n) is 7.03. The Labute approximate surface area is 150 Å². The van der Waals surface area contributed by atoms with Crippen LogP contribution in [0.4, 0.5) is 8.78 Å². The maximum Gasteiger partial charge on any atom is 0.278 e. The van der Waals surface area contributed by atoms with E-state index in [1.54, 1.807) is 39.0 Å². The summed E-state index contributed by atoms with van der Waals surface area (Å²) in [4.78, 5) is 6.81. The van der Waals surface area contributed by atoms with Crippen molar-refractivity contribution in [2.75, 3.05) is 0 Å². The number of hydrogen-bond acceptors (Lipinski definition) is 3. The van der Waals surface area contributed by atoms with E-state index in [-0.39, 0.29) is 10.6 Å². The highest BCUT2D eigenvalue weighted by Crippen LogP contribution is 2.31. The first-order valence-corrected chi connectivity index (χ1v) is 9.45. The first-order chi connectivity index (χ1) is 12.1. The second-order valence-corrected chi connectivity index (χ2v) is 8.71. The topological polar surface area (TPSA) is 74.8 Å². The summed E-state index contributed by atoms with van der Waals surface area (Å²) < 4.78 is 53.2. The van der Waals surface area contributed by atoms with Crippen molar-refractivity contribution in [2.45, 2.75) is 37.6 Å². The fourth-order valence-electron chi connectivity index (χ4n) is 2.69. The van der Waals surface area contributed by atoms with Crippen LogP contribution in [0.25, 0.3) is 22.2 Å². The smallest absolute Gasteiger partial charge is 0.278 e. The third kappa shape index (κ3) is 3.76. The van der Waals surface area contributed by atoms with Gasteiger partial charge in [-0.05, 0) is 56.2 Å². The van der Waals surface area contributed by atoms with Crippen LogP contribution in [-0.2, 0) is 10.0 Å². The minimum Gasteiger partial charge on any atom is -0.338 e. The lowest BCUT2D eigenvalue weighted by molar-refractivity contribution is 0.147. The fraction of sp³-hybridized carbons (Fsp3) is 0.278. The lowest BCUT2D eigenvalue weighted by atomic mass is 10.0. The maximum absolute atomic E-state index is 12.9. The quantitative estimate of drug-likeness (QED) is 0.712. The van der Waals surface area contributed by atoms with Crippen LogP contribution in [0.5, 0.6) is 0 Å². The van der Waals surface area contributed by atoms with E-state index in [4.69, 9.17) is 0 Å². The molecular weight excluding hydrogens is 360 g/mol. The van der Waals surface area contributed by atoms with Crippen LogP contribution in [0, 0.1) is 0 Å². The van der Waals surface area contributed by atoms with Gasteiger partial charge in [-0.3, -0.25) is 0 Å². The number of H-pyrrole nitrogens is 1. The Hall–Kier alpha value is -2.32. The van der Waals surface area contributed by atoms with Crippen LogP contribution < -0.4 is 4.72 Å². The molecule has 1 aromatic carbocycles. The number of aromatic amines is 1. The molecule has 0 aliphatic heterocycles. The lowest BCUT2D eigenvalue weighted by Crippen LogP contribution is -2.40. The number of hydrogen-bond donors (Lipinski definition) is 2. The molecule has 0 unspecified atom stereocenters. The molecule has 0 radical (unpaired) electrons. The standard InChI is InChI=1S/C18H19F2N3O2S/c1-18(2,3)23-26(24,25)12-6-4-11(5-7-12)13-8-9-21-17-14(13)10-15(22-17)16(19)20/h4-10,16,23H,1-3H3,(H,21,22). The molecule has 8 heteroatoms. The Balaban J connectivity index is 2.00.